The van der Waals surface area contributed by atoms with Gasteiger partial charge in [-0.2, -0.15) is 13.5 Å². The number of halogens is 5. The number of nitrogens with zero attached hydrogens (tertiary/aromatic N) is 3. The van der Waals surface area contributed by atoms with E-state index in [1.807, 2.05) is 6.92 Å². The van der Waals surface area contributed by atoms with E-state index in [1.54, 1.807) is 18.2 Å². The van der Waals surface area contributed by atoms with Crippen LogP contribution in [0.1, 0.15) is 59.3 Å². The molecule has 4 aromatic rings. The second kappa shape index (κ2) is 17.6. The lowest BCUT2D eigenvalue weighted by Gasteiger charge is -2.44. The van der Waals surface area contributed by atoms with Crippen molar-refractivity contribution in [3.05, 3.63) is 122 Å². The van der Waals surface area contributed by atoms with Crippen molar-refractivity contribution in [1.82, 2.24) is 4.90 Å². The van der Waals surface area contributed by atoms with Gasteiger partial charge in [0.2, 0.25) is 0 Å². The first-order valence-corrected chi connectivity index (χ1v) is 18.3. The van der Waals surface area contributed by atoms with E-state index in [0.717, 1.165) is 38.3 Å². The van der Waals surface area contributed by atoms with Crippen molar-refractivity contribution in [2.24, 2.45) is 5.92 Å². The number of fused-ring (bicyclic) bond motifs is 3. The Morgan fingerprint density at radius 1 is 1.00 bits per heavy atom. The van der Waals surface area contributed by atoms with Crippen LogP contribution in [0.15, 0.2) is 79.1 Å². The van der Waals surface area contributed by atoms with Gasteiger partial charge in [0.1, 0.15) is 28.1 Å². The van der Waals surface area contributed by atoms with E-state index in [9.17, 15) is 23.6 Å². The van der Waals surface area contributed by atoms with Crippen molar-refractivity contribution in [2.45, 2.75) is 58.0 Å². The number of benzene rings is 3. The van der Waals surface area contributed by atoms with Gasteiger partial charge >= 0.3 is 18.7 Å². The zero-order valence-corrected chi connectivity index (χ0v) is 30.8. The minimum absolute atomic E-state index is 0.00846. The van der Waals surface area contributed by atoms with Gasteiger partial charge < -0.3 is 24.2 Å². The number of amides is 1. The minimum Gasteiger partial charge on any atom is -0.619 e. The molecular weight excluding hydrogens is 750 g/mol. The molecule has 2 atom stereocenters. The highest BCUT2D eigenvalue weighted by atomic mass is 35.5. The smallest absolute Gasteiger partial charge is 0.415 e. The highest BCUT2D eigenvalue weighted by molar-refractivity contribution is 6.35. The third-order valence-corrected chi connectivity index (χ3v) is 10.1. The Kier molecular flexibility index (Phi) is 12.7. The van der Waals surface area contributed by atoms with Gasteiger partial charge in [0.15, 0.2) is 23.9 Å². The summed E-state index contributed by atoms with van der Waals surface area (Å²) in [6.07, 6.45) is 2.53. The number of anilines is 1. The summed E-state index contributed by atoms with van der Waals surface area (Å²) >= 11 is 12.7. The van der Waals surface area contributed by atoms with Crippen LogP contribution < -0.4 is 19.1 Å². The van der Waals surface area contributed by atoms with Crippen molar-refractivity contribution in [1.29, 1.82) is 0 Å². The van der Waals surface area contributed by atoms with Crippen molar-refractivity contribution in [3.8, 4) is 11.5 Å². The monoisotopic (exact) mass is 787 g/mol. The first-order valence-electron chi connectivity index (χ1n) is 17.5. The molecule has 54 heavy (non-hydrogen) atoms. The number of pyridine rings is 1. The van der Waals surface area contributed by atoms with Gasteiger partial charge in [-0.3, -0.25) is 9.80 Å². The van der Waals surface area contributed by atoms with Crippen molar-refractivity contribution in [3.63, 3.8) is 0 Å². The summed E-state index contributed by atoms with van der Waals surface area (Å²) in [6, 6.07) is 16.3. The molecule has 1 unspecified atom stereocenters. The number of alkyl halides is 2. The lowest BCUT2D eigenvalue weighted by atomic mass is 9.86. The van der Waals surface area contributed by atoms with Crippen LogP contribution in [0.5, 0.6) is 11.5 Å². The van der Waals surface area contributed by atoms with E-state index < -0.39 is 30.6 Å². The second-order valence-corrected chi connectivity index (χ2v) is 13.9. The van der Waals surface area contributed by atoms with Crippen LogP contribution in [0, 0.1) is 16.9 Å². The number of para-hydroxylation sites is 1. The lowest BCUT2D eigenvalue weighted by Crippen LogP contribution is -2.53. The Labute approximate surface area is 320 Å². The number of carbonyl (C=O) groups excluding carboxylic acids is 2. The van der Waals surface area contributed by atoms with Gasteiger partial charge in [0.05, 0.1) is 24.4 Å². The molecular formula is C39H38Cl2F3N3O7. The van der Waals surface area contributed by atoms with Crippen molar-refractivity contribution >= 4 is 41.0 Å². The van der Waals surface area contributed by atoms with E-state index in [-0.39, 0.29) is 64.4 Å². The maximum atomic E-state index is 15.1. The molecule has 0 N–H and O–H groups in total. The number of carbonyl (C=O) groups is 2. The zero-order valence-electron chi connectivity index (χ0n) is 29.3. The fraction of sp³-hybridized carbons (Fsp3) is 0.359. The lowest BCUT2D eigenvalue weighted by molar-refractivity contribution is -0.605. The van der Waals surface area contributed by atoms with Crippen LogP contribution in [0.25, 0.3) is 0 Å². The number of piperidine rings is 3. The molecule has 1 aromatic heterocycles. The van der Waals surface area contributed by atoms with Gasteiger partial charge in [0, 0.05) is 18.5 Å². The van der Waals surface area contributed by atoms with Gasteiger partial charge in [-0.1, -0.05) is 60.5 Å². The summed E-state index contributed by atoms with van der Waals surface area (Å²) in [7, 11) is 0. The summed E-state index contributed by atoms with van der Waals surface area (Å²) in [5.41, 5.74) is 1.43. The molecule has 2 bridgehead atoms. The summed E-state index contributed by atoms with van der Waals surface area (Å²) < 4.78 is 64.1. The molecule has 3 aliphatic rings. The topological polar surface area (TPSA) is 104 Å². The molecule has 15 heteroatoms. The van der Waals surface area contributed by atoms with Gasteiger partial charge in [0.25, 0.3) is 0 Å². The molecule has 10 nitrogen and oxygen atoms in total. The van der Waals surface area contributed by atoms with E-state index in [0.29, 0.717) is 34.4 Å². The number of esters is 1. The van der Waals surface area contributed by atoms with Crippen molar-refractivity contribution < 1.29 is 46.4 Å². The van der Waals surface area contributed by atoms with Crippen LogP contribution in [-0.4, -0.2) is 55.9 Å². The first-order chi connectivity index (χ1) is 26.0. The Balaban J connectivity index is 1.24. The number of hydrogen-bond acceptors (Lipinski definition) is 8. The Hall–Kier alpha value is -4.72. The highest BCUT2D eigenvalue weighted by Gasteiger charge is 2.38. The minimum atomic E-state index is -3.10. The number of hydrogen-bond donors (Lipinski definition) is 0. The quantitative estimate of drug-likeness (QED) is 0.0712. The predicted octanol–water partition coefficient (Wildman–Crippen LogP) is 8.53. The maximum Gasteiger partial charge on any atom is 0.415 e. The van der Waals surface area contributed by atoms with Gasteiger partial charge in [-0.25, -0.2) is 14.0 Å². The van der Waals surface area contributed by atoms with Crippen molar-refractivity contribution in [2.75, 3.05) is 31.1 Å². The van der Waals surface area contributed by atoms with Crippen LogP contribution in [-0.2, 0) is 22.4 Å². The average Bonchev–Trinajstić information content (AvgIpc) is 3.15. The summed E-state index contributed by atoms with van der Waals surface area (Å²) in [5, 5.41) is 12.0. The largest absolute Gasteiger partial charge is 0.619 e. The maximum absolute atomic E-state index is 15.1. The van der Waals surface area contributed by atoms with Gasteiger partial charge in [-0.05, 0) is 85.8 Å². The molecule has 3 aromatic carbocycles. The first kappa shape index (κ1) is 39.0. The van der Waals surface area contributed by atoms with E-state index in [4.69, 9.17) is 37.4 Å². The van der Waals surface area contributed by atoms with Crippen LogP contribution in [0.2, 0.25) is 10.0 Å². The molecule has 7 rings (SSSR count). The number of ether oxygens (including phenoxy) is 4. The number of aromatic nitrogens is 1. The van der Waals surface area contributed by atoms with Crippen LogP contribution in [0.4, 0.5) is 23.7 Å². The predicted molar refractivity (Wildman–Crippen MR) is 195 cm³/mol. The SMILES string of the molecule is CCCOc1cc(C(Cc2c(Cl)c[n+]([O-])cc2Cl)OC(=O)c2ccc(CN(C(=O)O[C@H]3CN4CCC3CC4)c3ccccc3F)cc2)ccc1OC(F)F. The summed E-state index contributed by atoms with van der Waals surface area (Å²) in [4.78, 5) is 30.8. The average molecular weight is 789 g/mol. The molecule has 3 aliphatic heterocycles. The van der Waals surface area contributed by atoms with Gasteiger partial charge in [-0.15, -0.1) is 0 Å². The normalized spacial score (nSPS) is 18.2. The standard InChI is InChI=1S/C39H38Cl2F3N3O7/c1-2-17-51-35-18-27(11-12-33(35)53-38(43)44)34(19-28-29(40)21-46(50)22-30(28)41)52-37(48)26-9-7-24(8-10-26)20-47(32-6-4-3-5-31(32)42)39(49)54-36-23-45-15-13-25(36)14-16-45/h3-12,18,21-22,25,34,36,38H,2,13-17,19-20,23H2,1H3/t34?,36-/m0/s1. The molecule has 3 fully saturated rings. The molecule has 4 heterocycles. The Morgan fingerprint density at radius 3 is 2.33 bits per heavy atom. The molecule has 286 valence electrons. The summed E-state index contributed by atoms with van der Waals surface area (Å²) in [6.45, 7) is 1.47. The Morgan fingerprint density at radius 2 is 1.70 bits per heavy atom. The molecule has 0 aliphatic carbocycles. The third-order valence-electron chi connectivity index (χ3n) is 9.46. The molecule has 1 amide bonds. The Bertz CT molecular complexity index is 1920. The fourth-order valence-electron chi connectivity index (χ4n) is 6.66. The van der Waals surface area contributed by atoms with E-state index in [1.165, 1.54) is 53.4 Å². The fourth-order valence-corrected chi connectivity index (χ4v) is 7.26. The van der Waals surface area contributed by atoms with Crippen LogP contribution >= 0.6 is 23.2 Å². The van der Waals surface area contributed by atoms with E-state index >= 15 is 4.39 Å². The zero-order chi connectivity index (χ0) is 38.4. The molecule has 0 radical (unpaired) electrons. The third kappa shape index (κ3) is 9.49. The van der Waals surface area contributed by atoms with E-state index in [2.05, 4.69) is 9.64 Å². The number of rotatable bonds is 14. The second-order valence-electron chi connectivity index (χ2n) is 13.1. The molecule has 3 saturated heterocycles. The highest BCUT2D eigenvalue weighted by Crippen LogP contribution is 2.37. The summed E-state index contributed by atoms with van der Waals surface area (Å²) in [5.74, 6) is -1.29. The molecule has 0 spiro atoms. The van der Waals surface area contributed by atoms with Crippen LogP contribution in [0.3, 0.4) is 0 Å². The molecule has 0 saturated carbocycles.